The average molecular weight is 444 g/mol. The summed E-state index contributed by atoms with van der Waals surface area (Å²) in [4.78, 5) is 2.09. The second kappa shape index (κ2) is 9.87. The standard InChI is InChI=1S/C26H34FNO4/c1-20-15-23(7-8-24(20)27)32-19-26(30)17-28(13-14-31-18-26)16-25(29)11-9-22(10-12-25)21-5-3-2-4-6-21/h2-8,15,22,29-30H,9-14,16-19H2,1H3. The van der Waals surface area contributed by atoms with Crippen molar-refractivity contribution in [2.24, 2.45) is 0 Å². The zero-order valence-electron chi connectivity index (χ0n) is 18.8. The van der Waals surface area contributed by atoms with Crippen LogP contribution in [0.15, 0.2) is 48.5 Å². The van der Waals surface area contributed by atoms with Gasteiger partial charge in [0, 0.05) is 19.6 Å². The van der Waals surface area contributed by atoms with Crippen molar-refractivity contribution in [3.8, 4) is 5.75 Å². The molecule has 1 aliphatic heterocycles. The topological polar surface area (TPSA) is 62.2 Å². The summed E-state index contributed by atoms with van der Waals surface area (Å²) in [6.45, 7) is 3.92. The van der Waals surface area contributed by atoms with Crippen molar-refractivity contribution in [2.75, 3.05) is 39.5 Å². The lowest BCUT2D eigenvalue weighted by molar-refractivity contribution is -0.0766. The molecule has 2 N–H and O–H groups in total. The summed E-state index contributed by atoms with van der Waals surface area (Å²) in [5.41, 5.74) is -0.108. The Labute approximate surface area is 189 Å². The van der Waals surface area contributed by atoms with Gasteiger partial charge in [0.2, 0.25) is 0 Å². The SMILES string of the molecule is Cc1cc(OCC2(O)COCCN(CC3(O)CCC(c4ccccc4)CC3)C2)ccc1F. The first kappa shape index (κ1) is 23.2. The second-order valence-electron chi connectivity index (χ2n) is 9.60. The highest BCUT2D eigenvalue weighted by Crippen LogP contribution is 2.38. The maximum Gasteiger partial charge on any atom is 0.134 e. The lowest BCUT2D eigenvalue weighted by atomic mass is 9.76. The van der Waals surface area contributed by atoms with Crippen molar-refractivity contribution in [1.29, 1.82) is 0 Å². The van der Waals surface area contributed by atoms with Crippen LogP contribution in [0.4, 0.5) is 4.39 Å². The second-order valence-corrected chi connectivity index (χ2v) is 9.60. The molecular weight excluding hydrogens is 409 g/mol. The van der Waals surface area contributed by atoms with Crippen LogP contribution < -0.4 is 4.74 Å². The van der Waals surface area contributed by atoms with Gasteiger partial charge in [-0.25, -0.2) is 4.39 Å². The smallest absolute Gasteiger partial charge is 0.134 e. The van der Waals surface area contributed by atoms with Crippen molar-refractivity contribution in [1.82, 2.24) is 4.90 Å². The third-order valence-electron chi connectivity index (χ3n) is 6.78. The molecule has 5 nitrogen and oxygen atoms in total. The summed E-state index contributed by atoms with van der Waals surface area (Å²) >= 11 is 0. The van der Waals surface area contributed by atoms with E-state index in [1.54, 1.807) is 19.1 Å². The molecule has 2 aliphatic rings. The molecule has 0 spiro atoms. The van der Waals surface area contributed by atoms with E-state index in [1.165, 1.54) is 11.6 Å². The van der Waals surface area contributed by atoms with E-state index in [4.69, 9.17) is 9.47 Å². The molecule has 32 heavy (non-hydrogen) atoms. The number of aryl methyl sites for hydroxylation is 1. The first-order valence-corrected chi connectivity index (χ1v) is 11.5. The number of benzene rings is 2. The van der Waals surface area contributed by atoms with Gasteiger partial charge in [0.15, 0.2) is 0 Å². The molecule has 1 atom stereocenters. The van der Waals surface area contributed by atoms with Crippen LogP contribution in [0.1, 0.15) is 42.7 Å². The Bertz CT molecular complexity index is 885. The van der Waals surface area contributed by atoms with Crippen LogP contribution in [0.3, 0.4) is 0 Å². The van der Waals surface area contributed by atoms with Gasteiger partial charge in [-0.15, -0.1) is 0 Å². The van der Waals surface area contributed by atoms with E-state index in [-0.39, 0.29) is 19.0 Å². The molecule has 2 aromatic rings. The third-order valence-corrected chi connectivity index (χ3v) is 6.78. The van der Waals surface area contributed by atoms with Crippen LogP contribution >= 0.6 is 0 Å². The van der Waals surface area contributed by atoms with Crippen molar-refractivity contribution >= 4 is 0 Å². The summed E-state index contributed by atoms with van der Waals surface area (Å²) < 4.78 is 24.9. The van der Waals surface area contributed by atoms with Gasteiger partial charge in [0.25, 0.3) is 0 Å². The largest absolute Gasteiger partial charge is 0.490 e. The number of rotatable bonds is 6. The number of β-amino-alcohol motifs (C(OH)–C–C–N with tert-alkyl or cyclic N) is 2. The number of hydrogen-bond donors (Lipinski definition) is 2. The molecule has 2 fully saturated rings. The Kier molecular flexibility index (Phi) is 7.15. The lowest BCUT2D eigenvalue weighted by Crippen LogP contribution is -2.53. The van der Waals surface area contributed by atoms with Gasteiger partial charge in [-0.2, -0.15) is 0 Å². The van der Waals surface area contributed by atoms with Crippen molar-refractivity contribution < 1.29 is 24.1 Å². The van der Waals surface area contributed by atoms with E-state index >= 15 is 0 Å². The van der Waals surface area contributed by atoms with Crippen molar-refractivity contribution in [3.05, 3.63) is 65.5 Å². The molecule has 2 aromatic carbocycles. The summed E-state index contributed by atoms with van der Waals surface area (Å²) in [6, 6.07) is 15.1. The highest BCUT2D eigenvalue weighted by molar-refractivity contribution is 5.29. The molecule has 0 radical (unpaired) electrons. The number of hydrogen-bond acceptors (Lipinski definition) is 5. The summed E-state index contributed by atoms with van der Waals surface area (Å²) in [5.74, 6) is 0.731. The fourth-order valence-electron chi connectivity index (χ4n) is 4.93. The Morgan fingerprint density at radius 1 is 1.09 bits per heavy atom. The maximum absolute atomic E-state index is 13.5. The Morgan fingerprint density at radius 2 is 1.84 bits per heavy atom. The minimum atomic E-state index is -1.20. The fraction of sp³-hybridized carbons (Fsp3) is 0.538. The lowest BCUT2D eigenvalue weighted by Gasteiger charge is -2.40. The Hall–Kier alpha value is -1.99. The fourth-order valence-corrected chi connectivity index (χ4v) is 4.93. The molecule has 0 aromatic heterocycles. The number of halogens is 1. The third kappa shape index (κ3) is 5.87. The highest BCUT2D eigenvalue weighted by Gasteiger charge is 2.39. The van der Waals surface area contributed by atoms with Gasteiger partial charge in [-0.05, 0) is 67.9 Å². The van der Waals surface area contributed by atoms with Crippen molar-refractivity contribution in [3.63, 3.8) is 0 Å². The van der Waals surface area contributed by atoms with Crippen LogP contribution in [0.2, 0.25) is 0 Å². The van der Waals surface area contributed by atoms with E-state index in [0.717, 1.165) is 25.7 Å². The molecule has 1 aliphatic carbocycles. The molecule has 1 unspecified atom stereocenters. The van der Waals surface area contributed by atoms with Gasteiger partial charge >= 0.3 is 0 Å². The first-order valence-electron chi connectivity index (χ1n) is 11.5. The van der Waals surface area contributed by atoms with E-state index in [9.17, 15) is 14.6 Å². The molecule has 0 bridgehead atoms. The molecule has 1 saturated carbocycles. The zero-order chi connectivity index (χ0) is 22.6. The average Bonchev–Trinajstić information content (AvgIpc) is 2.97. The molecule has 174 valence electrons. The highest BCUT2D eigenvalue weighted by atomic mass is 19.1. The van der Waals surface area contributed by atoms with E-state index in [1.807, 2.05) is 6.07 Å². The number of ether oxygens (including phenoxy) is 2. The summed E-state index contributed by atoms with van der Waals surface area (Å²) in [5, 5.41) is 22.4. The molecular formula is C26H34FNO4. The Morgan fingerprint density at radius 3 is 2.56 bits per heavy atom. The normalized spacial score (nSPS) is 29.4. The van der Waals surface area contributed by atoms with E-state index in [2.05, 4.69) is 29.2 Å². The van der Waals surface area contributed by atoms with Crippen LogP contribution in [-0.2, 0) is 4.74 Å². The molecule has 4 rings (SSSR count). The van der Waals surface area contributed by atoms with Gasteiger partial charge in [0.1, 0.15) is 23.8 Å². The zero-order valence-corrected chi connectivity index (χ0v) is 18.8. The quantitative estimate of drug-likeness (QED) is 0.714. The molecule has 1 saturated heterocycles. The maximum atomic E-state index is 13.5. The summed E-state index contributed by atoms with van der Waals surface area (Å²) in [6.07, 6.45) is 3.41. The minimum absolute atomic E-state index is 0.0447. The van der Waals surface area contributed by atoms with Crippen molar-refractivity contribution in [2.45, 2.75) is 49.7 Å². The van der Waals surface area contributed by atoms with Crippen LogP contribution in [0.5, 0.6) is 5.75 Å². The van der Waals surface area contributed by atoms with Crippen LogP contribution in [0.25, 0.3) is 0 Å². The van der Waals surface area contributed by atoms with Gasteiger partial charge in [0.05, 0.1) is 18.8 Å². The van der Waals surface area contributed by atoms with Gasteiger partial charge in [-0.3, -0.25) is 4.90 Å². The number of aliphatic hydroxyl groups is 2. The Balaban J connectivity index is 1.33. The molecule has 1 heterocycles. The predicted octanol–water partition coefficient (Wildman–Crippen LogP) is 3.67. The van der Waals surface area contributed by atoms with Crippen LogP contribution in [0, 0.1) is 12.7 Å². The molecule has 0 amide bonds. The minimum Gasteiger partial charge on any atom is -0.490 e. The van der Waals surface area contributed by atoms with Gasteiger partial charge in [-0.1, -0.05) is 30.3 Å². The summed E-state index contributed by atoms with van der Waals surface area (Å²) in [7, 11) is 0. The van der Waals surface area contributed by atoms with E-state index in [0.29, 0.717) is 43.5 Å². The van der Waals surface area contributed by atoms with E-state index < -0.39 is 11.2 Å². The van der Waals surface area contributed by atoms with Crippen LogP contribution in [-0.4, -0.2) is 65.8 Å². The number of nitrogens with zero attached hydrogens (tertiary/aromatic N) is 1. The van der Waals surface area contributed by atoms with Gasteiger partial charge < -0.3 is 19.7 Å². The first-order chi connectivity index (χ1) is 15.3. The predicted molar refractivity (Wildman–Crippen MR) is 121 cm³/mol. The monoisotopic (exact) mass is 443 g/mol. The molecule has 6 heteroatoms.